The minimum atomic E-state index is -7.30. The van der Waals surface area contributed by atoms with E-state index in [4.69, 9.17) is 9.47 Å². The van der Waals surface area contributed by atoms with Crippen molar-refractivity contribution < 1.29 is 61.6 Å². The highest BCUT2D eigenvalue weighted by atomic mass is 32.2. The molecule has 15 heteroatoms. The summed E-state index contributed by atoms with van der Waals surface area (Å²) in [6.45, 7) is 3.97. The Labute approximate surface area is 199 Å². The molecule has 0 aromatic heterocycles. The molecule has 0 radical (unpaired) electrons. The Morgan fingerprint density at radius 1 is 0.629 bits per heavy atom. The molecule has 0 fully saturated rings. The van der Waals surface area contributed by atoms with Crippen molar-refractivity contribution in [2.45, 2.75) is 108 Å². The van der Waals surface area contributed by atoms with Gasteiger partial charge < -0.3 is 9.47 Å². The molecule has 0 spiro atoms. The minimum absolute atomic E-state index is 0.208. The zero-order valence-corrected chi connectivity index (χ0v) is 20.4. The van der Waals surface area contributed by atoms with Crippen molar-refractivity contribution in [2.75, 3.05) is 19.8 Å². The normalized spacial score (nSPS) is 14.9. The lowest BCUT2D eigenvalue weighted by Crippen LogP contribution is -2.63. The Hall–Kier alpha value is -0.800. The second kappa shape index (κ2) is 14.8. The fourth-order valence-corrected chi connectivity index (χ4v) is 3.64. The van der Waals surface area contributed by atoms with Gasteiger partial charge in [-0.25, -0.2) is 0 Å². The van der Waals surface area contributed by atoms with Crippen LogP contribution in [0.4, 0.5) is 39.5 Å². The topological polar surface area (TPSA) is 61.8 Å². The highest BCUT2D eigenvalue weighted by Crippen LogP contribution is 2.54. The maximum absolute atomic E-state index is 13.5. The molecule has 212 valence electrons. The van der Waals surface area contributed by atoms with Gasteiger partial charge >= 0.3 is 33.4 Å². The maximum Gasteiger partial charge on any atom is 0.460 e. The zero-order valence-electron chi connectivity index (χ0n) is 19.6. The molecule has 0 aromatic rings. The molecule has 0 amide bonds. The molecule has 0 bridgehead atoms. The fraction of sp³-hybridized carbons (Fsp3) is 1.00. The monoisotopic (exact) mass is 556 g/mol. The Morgan fingerprint density at radius 3 is 1.46 bits per heavy atom. The number of unbranched alkanes of at least 4 members (excludes halogenated alkanes) is 8. The van der Waals surface area contributed by atoms with Gasteiger partial charge in [0.2, 0.25) is 0 Å². The van der Waals surface area contributed by atoms with Crippen LogP contribution in [0.5, 0.6) is 0 Å². The van der Waals surface area contributed by atoms with Crippen LogP contribution in [-0.4, -0.2) is 57.8 Å². The summed E-state index contributed by atoms with van der Waals surface area (Å²) >= 11 is 0. The molecule has 1 unspecified atom stereocenters. The summed E-state index contributed by atoms with van der Waals surface area (Å²) in [5.41, 5.74) is 0. The van der Waals surface area contributed by atoms with Gasteiger partial charge in [-0.15, -0.1) is 0 Å². The largest absolute Gasteiger partial charge is 0.460 e. The molecular weight excluding hydrogens is 523 g/mol. The molecule has 0 aliphatic carbocycles. The van der Waals surface area contributed by atoms with E-state index in [1.165, 1.54) is 0 Å². The smallest absolute Gasteiger partial charge is 0.353 e. The first-order valence-corrected chi connectivity index (χ1v) is 12.7. The molecule has 0 saturated heterocycles. The third-order valence-electron chi connectivity index (χ3n) is 4.91. The van der Waals surface area contributed by atoms with Crippen LogP contribution >= 0.6 is 0 Å². The Bertz CT molecular complexity index is 685. The Kier molecular flexibility index (Phi) is 14.5. The zero-order chi connectivity index (χ0) is 27.4. The first-order chi connectivity index (χ1) is 16.0. The predicted octanol–water partition coefficient (Wildman–Crippen LogP) is 7.06. The van der Waals surface area contributed by atoms with E-state index in [0.29, 0.717) is 26.1 Å². The van der Waals surface area contributed by atoms with E-state index in [0.717, 1.165) is 38.5 Å². The van der Waals surface area contributed by atoms with E-state index in [1.54, 1.807) is 0 Å². The lowest BCUT2D eigenvalue weighted by Gasteiger charge is -2.32. The van der Waals surface area contributed by atoms with Crippen LogP contribution in [0.25, 0.3) is 0 Å². The average molecular weight is 557 g/mol. The molecular formula is C20H33F9O5S. The standard InChI is InChI=1S/C20H33F9O5S/c1-3-4-13-32-16(2)33-14-11-9-7-5-6-8-10-12-15-34-35(30,31)20(28,29)18(23,24)17(21,22)19(25,26)27/h16H,3-15H2,1-2H3. The van der Waals surface area contributed by atoms with E-state index in [1.807, 2.05) is 6.92 Å². The van der Waals surface area contributed by atoms with Gasteiger partial charge in [-0.1, -0.05) is 51.9 Å². The van der Waals surface area contributed by atoms with Crippen molar-refractivity contribution >= 4 is 10.1 Å². The summed E-state index contributed by atoms with van der Waals surface area (Å²) < 4.78 is 152. The maximum atomic E-state index is 13.5. The second-order valence-corrected chi connectivity index (χ2v) is 9.59. The second-order valence-electron chi connectivity index (χ2n) is 7.93. The number of hydrogen-bond acceptors (Lipinski definition) is 5. The SMILES string of the molecule is CCCCOC(C)OCCCCCCCCCCOS(=O)(=O)C(F)(F)C(F)(F)C(F)(F)C(F)(F)F. The molecule has 0 rings (SSSR count). The van der Waals surface area contributed by atoms with Gasteiger partial charge in [0.1, 0.15) is 0 Å². The number of ether oxygens (including phenoxy) is 2. The summed E-state index contributed by atoms with van der Waals surface area (Å²) in [5.74, 6) is -14.6. The van der Waals surface area contributed by atoms with Crippen LogP contribution in [0.15, 0.2) is 0 Å². The summed E-state index contributed by atoms with van der Waals surface area (Å²) in [6.07, 6.45) is -0.785. The molecule has 1 atom stereocenters. The molecule has 0 aliphatic rings. The molecule has 0 aromatic carbocycles. The van der Waals surface area contributed by atoms with Crippen molar-refractivity contribution in [3.63, 3.8) is 0 Å². The Balaban J connectivity index is 4.14. The van der Waals surface area contributed by atoms with Crippen molar-refractivity contribution in [1.29, 1.82) is 0 Å². The molecule has 0 heterocycles. The predicted molar refractivity (Wildman–Crippen MR) is 109 cm³/mol. The van der Waals surface area contributed by atoms with Gasteiger partial charge in [-0.05, 0) is 26.2 Å². The van der Waals surface area contributed by atoms with Crippen molar-refractivity contribution in [2.24, 2.45) is 0 Å². The van der Waals surface area contributed by atoms with Gasteiger partial charge in [0.15, 0.2) is 6.29 Å². The number of alkyl halides is 9. The van der Waals surface area contributed by atoms with Crippen LogP contribution in [0.2, 0.25) is 0 Å². The van der Waals surface area contributed by atoms with E-state index in [-0.39, 0.29) is 19.1 Å². The van der Waals surface area contributed by atoms with Crippen molar-refractivity contribution in [3.05, 3.63) is 0 Å². The van der Waals surface area contributed by atoms with Crippen LogP contribution in [0, 0.1) is 0 Å². The van der Waals surface area contributed by atoms with E-state index in [2.05, 4.69) is 11.1 Å². The fourth-order valence-electron chi connectivity index (χ4n) is 2.72. The van der Waals surface area contributed by atoms with Crippen LogP contribution < -0.4 is 0 Å². The van der Waals surface area contributed by atoms with Crippen molar-refractivity contribution in [3.8, 4) is 0 Å². The van der Waals surface area contributed by atoms with E-state index >= 15 is 0 Å². The van der Waals surface area contributed by atoms with Gasteiger partial charge in [0.25, 0.3) is 0 Å². The van der Waals surface area contributed by atoms with Gasteiger partial charge in [0.05, 0.1) is 6.61 Å². The molecule has 0 aliphatic heterocycles. The molecule has 0 N–H and O–H groups in total. The van der Waals surface area contributed by atoms with Gasteiger partial charge in [-0.3, -0.25) is 4.18 Å². The van der Waals surface area contributed by atoms with Crippen LogP contribution in [0.3, 0.4) is 0 Å². The average Bonchev–Trinajstić information content (AvgIpc) is 2.73. The lowest BCUT2D eigenvalue weighted by atomic mass is 10.1. The molecule has 35 heavy (non-hydrogen) atoms. The third-order valence-corrected chi connectivity index (χ3v) is 6.27. The van der Waals surface area contributed by atoms with Gasteiger partial charge in [-0.2, -0.15) is 47.9 Å². The lowest BCUT2D eigenvalue weighted by molar-refractivity contribution is -0.382. The third kappa shape index (κ3) is 10.2. The van der Waals surface area contributed by atoms with Gasteiger partial charge in [0, 0.05) is 13.2 Å². The highest BCUT2D eigenvalue weighted by Gasteiger charge is 2.85. The number of hydrogen-bond donors (Lipinski definition) is 0. The van der Waals surface area contributed by atoms with Crippen molar-refractivity contribution in [1.82, 2.24) is 0 Å². The van der Waals surface area contributed by atoms with Crippen LogP contribution in [-0.2, 0) is 23.8 Å². The van der Waals surface area contributed by atoms with Crippen LogP contribution in [0.1, 0.15) is 78.1 Å². The quantitative estimate of drug-likeness (QED) is 0.0696. The first kappa shape index (κ1) is 34.2. The molecule has 0 saturated carbocycles. The number of rotatable bonds is 20. The summed E-state index contributed by atoms with van der Waals surface area (Å²) in [4.78, 5) is 0. The number of halogens is 9. The summed E-state index contributed by atoms with van der Waals surface area (Å²) in [7, 11) is -6.77. The molecule has 5 nitrogen and oxygen atoms in total. The minimum Gasteiger partial charge on any atom is -0.353 e. The Morgan fingerprint density at radius 2 is 1.03 bits per heavy atom. The summed E-state index contributed by atoms with van der Waals surface area (Å²) in [5, 5.41) is -6.80. The highest BCUT2D eigenvalue weighted by molar-refractivity contribution is 7.87. The summed E-state index contributed by atoms with van der Waals surface area (Å²) in [6, 6.07) is 0. The van der Waals surface area contributed by atoms with E-state index < -0.39 is 40.0 Å². The van der Waals surface area contributed by atoms with E-state index in [9.17, 15) is 47.9 Å². The first-order valence-electron chi connectivity index (χ1n) is 11.3.